The highest BCUT2D eigenvalue weighted by atomic mass is 19.1. The van der Waals surface area contributed by atoms with Crippen molar-refractivity contribution in [3.05, 3.63) is 47.8 Å². The van der Waals surface area contributed by atoms with Crippen molar-refractivity contribution in [2.45, 2.75) is 25.9 Å². The van der Waals surface area contributed by atoms with Crippen molar-refractivity contribution in [3.63, 3.8) is 0 Å². The lowest BCUT2D eigenvalue weighted by Gasteiger charge is -2.24. The molecule has 1 N–H and O–H groups in total. The molecule has 1 aliphatic rings. The molecule has 2 aromatic rings. The third kappa shape index (κ3) is 1.79. The maximum absolute atomic E-state index is 13.2. The first-order valence-electron chi connectivity index (χ1n) is 5.76. The smallest absolute Gasteiger partial charge is 0.123 e. The van der Waals surface area contributed by atoms with Crippen molar-refractivity contribution in [1.82, 2.24) is 9.97 Å². The van der Waals surface area contributed by atoms with Crippen molar-refractivity contribution in [1.29, 1.82) is 0 Å². The van der Waals surface area contributed by atoms with Crippen molar-refractivity contribution in [2.75, 3.05) is 4.90 Å². The number of imidazole rings is 1. The van der Waals surface area contributed by atoms with Gasteiger partial charge in [0.2, 0.25) is 0 Å². The summed E-state index contributed by atoms with van der Waals surface area (Å²) in [6.07, 6.45) is 4.41. The van der Waals surface area contributed by atoms with Crippen molar-refractivity contribution in [3.8, 4) is 0 Å². The Labute approximate surface area is 99.3 Å². The summed E-state index contributed by atoms with van der Waals surface area (Å²) in [6.45, 7) is 2.95. The van der Waals surface area contributed by atoms with E-state index >= 15 is 0 Å². The summed E-state index contributed by atoms with van der Waals surface area (Å²) < 4.78 is 13.2. The van der Waals surface area contributed by atoms with Crippen LogP contribution < -0.4 is 4.90 Å². The number of benzene rings is 1. The van der Waals surface area contributed by atoms with E-state index in [0.29, 0.717) is 6.04 Å². The van der Waals surface area contributed by atoms with E-state index in [0.717, 1.165) is 29.9 Å². The number of rotatable bonds is 2. The molecule has 0 bridgehead atoms. The molecule has 0 aliphatic carbocycles. The molecule has 1 aromatic heterocycles. The first-order valence-corrected chi connectivity index (χ1v) is 5.76. The van der Waals surface area contributed by atoms with Crippen LogP contribution in [-0.2, 0) is 13.0 Å². The van der Waals surface area contributed by atoms with Crippen LogP contribution in [-0.4, -0.2) is 16.0 Å². The van der Waals surface area contributed by atoms with Gasteiger partial charge in [0, 0.05) is 17.9 Å². The first-order chi connectivity index (χ1) is 8.24. The molecule has 1 aliphatic heterocycles. The van der Waals surface area contributed by atoms with Gasteiger partial charge in [0.15, 0.2) is 0 Å². The Morgan fingerprint density at radius 1 is 1.53 bits per heavy atom. The number of aromatic nitrogens is 2. The van der Waals surface area contributed by atoms with Gasteiger partial charge in [-0.05, 0) is 37.1 Å². The highest BCUT2D eigenvalue weighted by Gasteiger charge is 2.26. The van der Waals surface area contributed by atoms with E-state index in [1.54, 1.807) is 12.4 Å². The predicted molar refractivity (Wildman–Crippen MR) is 64.3 cm³/mol. The second-order valence-electron chi connectivity index (χ2n) is 4.53. The molecular weight excluding hydrogens is 217 g/mol. The summed E-state index contributed by atoms with van der Waals surface area (Å²) in [6, 6.07) is 5.43. The second kappa shape index (κ2) is 3.87. The summed E-state index contributed by atoms with van der Waals surface area (Å²) in [4.78, 5) is 9.40. The molecule has 88 valence electrons. The van der Waals surface area contributed by atoms with Crippen molar-refractivity contribution < 1.29 is 4.39 Å². The minimum atomic E-state index is -0.153. The molecule has 1 aromatic carbocycles. The molecular formula is C13H14FN3. The van der Waals surface area contributed by atoms with Gasteiger partial charge in [0.05, 0.1) is 18.6 Å². The number of anilines is 1. The summed E-state index contributed by atoms with van der Waals surface area (Å²) >= 11 is 0. The van der Waals surface area contributed by atoms with Gasteiger partial charge >= 0.3 is 0 Å². The monoisotopic (exact) mass is 231 g/mol. The molecule has 0 amide bonds. The van der Waals surface area contributed by atoms with E-state index in [-0.39, 0.29) is 5.82 Å². The zero-order valence-electron chi connectivity index (χ0n) is 9.65. The normalized spacial score (nSPS) is 18.5. The standard InChI is InChI=1S/C13H14FN3/c1-9-4-10-5-11(14)2-3-13(10)17(9)7-12-6-15-8-16-12/h2-3,5-6,8-9H,4,7H2,1H3,(H,15,16)/t9-/m1/s1. The fourth-order valence-electron chi connectivity index (χ4n) is 2.46. The highest BCUT2D eigenvalue weighted by Crippen LogP contribution is 2.33. The molecule has 0 fully saturated rings. The second-order valence-corrected chi connectivity index (χ2v) is 4.53. The van der Waals surface area contributed by atoms with Crippen LogP contribution in [0.4, 0.5) is 10.1 Å². The minimum absolute atomic E-state index is 0.153. The summed E-state index contributed by atoms with van der Waals surface area (Å²) in [5.41, 5.74) is 3.31. The van der Waals surface area contributed by atoms with Gasteiger partial charge in [-0.25, -0.2) is 9.37 Å². The van der Waals surface area contributed by atoms with Gasteiger partial charge < -0.3 is 9.88 Å². The van der Waals surface area contributed by atoms with Crippen LogP contribution in [0, 0.1) is 5.82 Å². The fourth-order valence-corrected chi connectivity index (χ4v) is 2.46. The minimum Gasteiger partial charge on any atom is -0.362 e. The van der Waals surface area contributed by atoms with E-state index < -0.39 is 0 Å². The summed E-state index contributed by atoms with van der Waals surface area (Å²) in [7, 11) is 0. The van der Waals surface area contributed by atoms with Crippen molar-refractivity contribution >= 4 is 5.69 Å². The van der Waals surface area contributed by atoms with Crippen LogP contribution in [0.3, 0.4) is 0 Å². The third-order valence-electron chi connectivity index (χ3n) is 3.29. The predicted octanol–water partition coefficient (Wildman–Crippen LogP) is 2.50. The number of fused-ring (bicyclic) bond motifs is 1. The molecule has 0 unspecified atom stereocenters. The fraction of sp³-hybridized carbons (Fsp3) is 0.308. The Bertz CT molecular complexity index is 521. The van der Waals surface area contributed by atoms with E-state index in [4.69, 9.17) is 0 Å². The molecule has 4 heteroatoms. The van der Waals surface area contributed by atoms with Crippen LogP contribution in [0.25, 0.3) is 0 Å². The van der Waals surface area contributed by atoms with Gasteiger partial charge in [0.25, 0.3) is 0 Å². The number of hydrogen-bond donors (Lipinski definition) is 1. The van der Waals surface area contributed by atoms with Crippen LogP contribution in [0.2, 0.25) is 0 Å². The SMILES string of the molecule is C[C@@H]1Cc2cc(F)ccc2N1Cc1cnc[nH]1. The Hall–Kier alpha value is -1.84. The highest BCUT2D eigenvalue weighted by molar-refractivity contribution is 5.59. The lowest BCUT2D eigenvalue weighted by atomic mass is 10.1. The zero-order chi connectivity index (χ0) is 11.8. The van der Waals surface area contributed by atoms with Crippen molar-refractivity contribution in [2.24, 2.45) is 0 Å². The van der Waals surface area contributed by atoms with Crippen LogP contribution in [0.5, 0.6) is 0 Å². The Balaban J connectivity index is 1.91. The van der Waals surface area contributed by atoms with E-state index in [1.165, 1.54) is 6.07 Å². The van der Waals surface area contributed by atoms with Gasteiger partial charge in [-0.3, -0.25) is 0 Å². The van der Waals surface area contributed by atoms with E-state index in [9.17, 15) is 4.39 Å². The van der Waals surface area contributed by atoms with Crippen LogP contribution in [0.15, 0.2) is 30.7 Å². The van der Waals surface area contributed by atoms with E-state index in [2.05, 4.69) is 21.8 Å². The van der Waals surface area contributed by atoms with Gasteiger partial charge in [-0.2, -0.15) is 0 Å². The number of halogens is 1. The number of hydrogen-bond acceptors (Lipinski definition) is 2. The lowest BCUT2D eigenvalue weighted by molar-refractivity contribution is 0.626. The molecule has 3 nitrogen and oxygen atoms in total. The molecule has 0 saturated carbocycles. The maximum atomic E-state index is 13.2. The maximum Gasteiger partial charge on any atom is 0.123 e. The Kier molecular flexibility index (Phi) is 2.35. The number of aromatic amines is 1. The summed E-state index contributed by atoms with van der Waals surface area (Å²) in [5.74, 6) is -0.153. The average molecular weight is 231 g/mol. The van der Waals surface area contributed by atoms with E-state index in [1.807, 2.05) is 12.3 Å². The number of nitrogens with one attached hydrogen (secondary N) is 1. The van der Waals surface area contributed by atoms with Gasteiger partial charge in [0.1, 0.15) is 5.82 Å². The molecule has 1 atom stereocenters. The topological polar surface area (TPSA) is 31.9 Å². The third-order valence-corrected chi connectivity index (χ3v) is 3.29. The summed E-state index contributed by atoms with van der Waals surface area (Å²) in [5, 5.41) is 0. The molecule has 3 rings (SSSR count). The molecule has 0 saturated heterocycles. The molecule has 17 heavy (non-hydrogen) atoms. The largest absolute Gasteiger partial charge is 0.362 e. The van der Waals surface area contributed by atoms with Crippen LogP contribution >= 0.6 is 0 Å². The zero-order valence-corrected chi connectivity index (χ0v) is 9.65. The Morgan fingerprint density at radius 3 is 3.18 bits per heavy atom. The number of H-pyrrole nitrogens is 1. The van der Waals surface area contributed by atoms with Gasteiger partial charge in [-0.1, -0.05) is 0 Å². The van der Waals surface area contributed by atoms with Gasteiger partial charge in [-0.15, -0.1) is 0 Å². The van der Waals surface area contributed by atoms with Crippen LogP contribution in [0.1, 0.15) is 18.2 Å². The first kappa shape index (κ1) is 10.3. The molecule has 2 heterocycles. The lowest BCUT2D eigenvalue weighted by Crippen LogP contribution is -2.28. The quantitative estimate of drug-likeness (QED) is 0.861. The Morgan fingerprint density at radius 2 is 2.41 bits per heavy atom. The average Bonchev–Trinajstić information content (AvgIpc) is 2.88. The molecule has 0 spiro atoms. The number of nitrogens with zero attached hydrogens (tertiary/aromatic N) is 2. The molecule has 0 radical (unpaired) electrons.